The zero-order valence-electron chi connectivity index (χ0n) is 19.5. The smallest absolute Gasteiger partial charge is 0.339 e. The van der Waals surface area contributed by atoms with Crippen molar-refractivity contribution in [1.82, 2.24) is 4.90 Å². The van der Waals surface area contributed by atoms with Crippen LogP contribution < -0.4 is 5.32 Å². The quantitative estimate of drug-likeness (QED) is 0.245. The molecule has 35 heavy (non-hydrogen) atoms. The number of ether oxygens (including phenoxy) is 1. The molecule has 1 fully saturated rings. The van der Waals surface area contributed by atoms with Crippen LogP contribution in [0.1, 0.15) is 64.8 Å². The van der Waals surface area contributed by atoms with Gasteiger partial charge in [0.2, 0.25) is 0 Å². The van der Waals surface area contributed by atoms with Gasteiger partial charge in [-0.05, 0) is 56.7 Å². The van der Waals surface area contributed by atoms with Gasteiger partial charge in [0.25, 0.3) is 11.6 Å². The highest BCUT2D eigenvalue weighted by Gasteiger charge is 2.35. The van der Waals surface area contributed by atoms with Gasteiger partial charge in [-0.1, -0.05) is 24.3 Å². The largest absolute Gasteiger partial charge is 0.452 e. The van der Waals surface area contributed by atoms with Gasteiger partial charge >= 0.3 is 5.97 Å². The number of benzene rings is 2. The van der Waals surface area contributed by atoms with Gasteiger partial charge in [-0.2, -0.15) is 0 Å². The van der Waals surface area contributed by atoms with E-state index in [0.717, 1.165) is 44.2 Å². The molecule has 0 saturated heterocycles. The predicted molar refractivity (Wildman–Crippen MR) is 129 cm³/mol. The van der Waals surface area contributed by atoms with E-state index in [-0.39, 0.29) is 40.0 Å². The number of carbonyl (C=O) groups is 3. The van der Waals surface area contributed by atoms with Crippen LogP contribution in [0.4, 0.5) is 11.4 Å². The third-order valence-corrected chi connectivity index (χ3v) is 6.20. The Hall–Kier alpha value is -4.01. The molecule has 2 aromatic carbocycles. The van der Waals surface area contributed by atoms with Crippen molar-refractivity contribution in [2.75, 3.05) is 19.0 Å². The van der Waals surface area contributed by atoms with Crippen molar-refractivity contribution in [3.05, 3.63) is 81.0 Å². The number of allylic oxidation sites excluding steroid dienone is 2. The molecule has 4 rings (SSSR count). The minimum Gasteiger partial charge on any atom is -0.452 e. The summed E-state index contributed by atoms with van der Waals surface area (Å²) in [5.41, 5.74) is 1.14. The van der Waals surface area contributed by atoms with Gasteiger partial charge in [-0.15, -0.1) is 0 Å². The first kappa shape index (κ1) is 24.1. The van der Waals surface area contributed by atoms with Crippen LogP contribution in [-0.2, 0) is 9.53 Å². The van der Waals surface area contributed by atoms with Crippen LogP contribution in [0.15, 0.2) is 54.2 Å². The van der Waals surface area contributed by atoms with Crippen molar-refractivity contribution in [3.8, 4) is 0 Å². The highest BCUT2D eigenvalue weighted by Crippen LogP contribution is 2.34. The third-order valence-electron chi connectivity index (χ3n) is 6.20. The van der Waals surface area contributed by atoms with Crippen LogP contribution in [0.5, 0.6) is 0 Å². The monoisotopic (exact) mass is 477 g/mol. The van der Waals surface area contributed by atoms with E-state index in [2.05, 4.69) is 11.4 Å². The number of hydrogen-bond acceptors (Lipinski definition) is 7. The summed E-state index contributed by atoms with van der Waals surface area (Å²) in [6.45, 7) is -0.419. The lowest BCUT2D eigenvalue weighted by molar-refractivity contribution is -0.384. The Bertz CT molecular complexity index is 1200. The number of nitrogens with zero attached hydrogens (tertiary/aromatic N) is 2. The predicted octanol–water partition coefficient (Wildman–Crippen LogP) is 4.47. The Morgan fingerprint density at radius 1 is 1.11 bits per heavy atom. The average Bonchev–Trinajstić information content (AvgIpc) is 3.72. The summed E-state index contributed by atoms with van der Waals surface area (Å²) >= 11 is 0. The minimum absolute atomic E-state index is 0.000463. The zero-order valence-corrected chi connectivity index (χ0v) is 19.5. The maximum atomic E-state index is 13.2. The molecule has 0 spiro atoms. The van der Waals surface area contributed by atoms with E-state index >= 15 is 0 Å². The van der Waals surface area contributed by atoms with Gasteiger partial charge < -0.3 is 15.0 Å². The number of carbonyl (C=O) groups excluding carboxylic acids is 3. The fraction of sp³-hybridized carbons (Fsp3) is 0.346. The van der Waals surface area contributed by atoms with Crippen LogP contribution in [-0.4, -0.2) is 47.2 Å². The molecule has 0 radical (unpaired) electrons. The molecule has 2 aromatic rings. The number of nitro groups is 1. The van der Waals surface area contributed by atoms with Crippen LogP contribution in [0.25, 0.3) is 0 Å². The number of nitro benzene ring substituents is 1. The standard InChI is InChI=1S/C26H27N3O6/c1-27-22-14-11-17(15-23(22)29(33)34)25(31)20-9-5-6-10-21(20)26(32)35-16-24(30)28(19-12-13-19)18-7-3-2-4-8-18/h5-7,9-11,14-15,19,27H,2-4,8,12-13,16H2,1H3. The van der Waals surface area contributed by atoms with E-state index in [1.807, 2.05) is 0 Å². The molecule has 1 amide bonds. The van der Waals surface area contributed by atoms with E-state index in [9.17, 15) is 24.5 Å². The molecule has 9 heteroatoms. The van der Waals surface area contributed by atoms with Gasteiger partial charge in [0, 0.05) is 36.0 Å². The number of ketones is 1. The van der Waals surface area contributed by atoms with Gasteiger partial charge in [0.05, 0.1) is 10.5 Å². The van der Waals surface area contributed by atoms with Crippen molar-refractivity contribution in [1.29, 1.82) is 0 Å². The van der Waals surface area contributed by atoms with Crippen LogP contribution in [0, 0.1) is 10.1 Å². The topological polar surface area (TPSA) is 119 Å². The fourth-order valence-corrected chi connectivity index (χ4v) is 4.30. The summed E-state index contributed by atoms with van der Waals surface area (Å²) in [4.78, 5) is 51.5. The number of nitrogens with one attached hydrogen (secondary N) is 1. The molecule has 0 bridgehead atoms. The molecule has 0 aliphatic heterocycles. The Morgan fingerprint density at radius 2 is 1.86 bits per heavy atom. The molecule has 2 aliphatic carbocycles. The van der Waals surface area contributed by atoms with Crippen molar-refractivity contribution in [3.63, 3.8) is 0 Å². The number of rotatable bonds is 9. The molecule has 1 N–H and O–H groups in total. The van der Waals surface area contributed by atoms with Crippen molar-refractivity contribution in [2.24, 2.45) is 0 Å². The molecular formula is C26H27N3O6. The molecule has 0 unspecified atom stereocenters. The van der Waals surface area contributed by atoms with E-state index in [4.69, 9.17) is 4.74 Å². The Balaban J connectivity index is 1.51. The third kappa shape index (κ3) is 5.40. The molecule has 9 nitrogen and oxygen atoms in total. The van der Waals surface area contributed by atoms with Crippen molar-refractivity contribution < 1.29 is 24.0 Å². The Labute approximate surface area is 202 Å². The van der Waals surface area contributed by atoms with Crippen molar-refractivity contribution in [2.45, 2.75) is 44.6 Å². The SMILES string of the molecule is CNc1ccc(C(=O)c2ccccc2C(=O)OCC(=O)N(C2=CCCCC2)C2CC2)cc1[N+](=O)[O-]. The number of esters is 1. The lowest BCUT2D eigenvalue weighted by Crippen LogP contribution is -2.36. The molecule has 2 aliphatic rings. The second-order valence-electron chi connectivity index (χ2n) is 8.63. The highest BCUT2D eigenvalue weighted by atomic mass is 16.6. The Morgan fingerprint density at radius 3 is 2.49 bits per heavy atom. The fourth-order valence-electron chi connectivity index (χ4n) is 4.30. The summed E-state index contributed by atoms with van der Waals surface area (Å²) in [5.74, 6) is -1.62. The van der Waals surface area contributed by atoms with E-state index in [1.54, 1.807) is 24.1 Å². The van der Waals surface area contributed by atoms with Crippen LogP contribution in [0.2, 0.25) is 0 Å². The first-order valence-electron chi connectivity index (χ1n) is 11.7. The minimum atomic E-state index is -0.794. The van der Waals surface area contributed by atoms with E-state index in [0.29, 0.717) is 0 Å². The lowest BCUT2D eigenvalue weighted by atomic mass is 9.97. The van der Waals surface area contributed by atoms with E-state index < -0.39 is 23.3 Å². The number of anilines is 1. The molecule has 0 atom stereocenters. The van der Waals surface area contributed by atoms with Crippen LogP contribution in [0.3, 0.4) is 0 Å². The molecule has 0 heterocycles. The van der Waals surface area contributed by atoms with Gasteiger partial charge in [0.15, 0.2) is 12.4 Å². The van der Waals surface area contributed by atoms with E-state index in [1.165, 1.54) is 30.3 Å². The maximum absolute atomic E-state index is 13.2. The summed E-state index contributed by atoms with van der Waals surface area (Å²) in [6.07, 6.45) is 7.89. The summed E-state index contributed by atoms with van der Waals surface area (Å²) in [5, 5.41) is 14.1. The molecular weight excluding hydrogens is 450 g/mol. The number of hydrogen-bond donors (Lipinski definition) is 1. The first-order chi connectivity index (χ1) is 16.9. The molecule has 1 saturated carbocycles. The van der Waals surface area contributed by atoms with Gasteiger partial charge in [-0.25, -0.2) is 4.79 Å². The lowest BCUT2D eigenvalue weighted by Gasteiger charge is -2.27. The second-order valence-corrected chi connectivity index (χ2v) is 8.63. The average molecular weight is 478 g/mol. The van der Waals surface area contributed by atoms with Crippen LogP contribution >= 0.6 is 0 Å². The summed E-state index contributed by atoms with van der Waals surface area (Å²) in [7, 11) is 1.55. The number of amides is 1. The Kier molecular flexibility index (Phi) is 7.24. The summed E-state index contributed by atoms with van der Waals surface area (Å²) < 4.78 is 5.34. The summed E-state index contributed by atoms with van der Waals surface area (Å²) in [6, 6.07) is 10.3. The molecule has 182 valence electrons. The molecule has 0 aromatic heterocycles. The first-order valence-corrected chi connectivity index (χ1v) is 11.7. The second kappa shape index (κ2) is 10.5. The highest BCUT2D eigenvalue weighted by molar-refractivity contribution is 6.15. The zero-order chi connectivity index (χ0) is 24.9. The normalized spacial score (nSPS) is 15.1. The van der Waals surface area contributed by atoms with Gasteiger partial charge in [-0.3, -0.25) is 19.7 Å². The maximum Gasteiger partial charge on any atom is 0.339 e. The van der Waals surface area contributed by atoms with Crippen molar-refractivity contribution >= 4 is 29.0 Å². The van der Waals surface area contributed by atoms with Gasteiger partial charge in [0.1, 0.15) is 5.69 Å².